The van der Waals surface area contributed by atoms with Crippen molar-refractivity contribution < 1.29 is 28.2 Å². The van der Waals surface area contributed by atoms with Crippen LogP contribution in [0.25, 0.3) is 0 Å². The van der Waals surface area contributed by atoms with Crippen molar-refractivity contribution in [3.8, 4) is 0 Å². The van der Waals surface area contributed by atoms with E-state index in [4.69, 9.17) is 5.73 Å². The second-order valence-electron chi connectivity index (χ2n) is 4.45. The van der Waals surface area contributed by atoms with Crippen molar-refractivity contribution in [1.82, 2.24) is 0 Å². The first kappa shape index (κ1) is 17.8. The lowest BCUT2D eigenvalue weighted by Gasteiger charge is -2.23. The summed E-state index contributed by atoms with van der Waals surface area (Å²) < 4.78 is 38.7. The zero-order chi connectivity index (χ0) is 16.2. The van der Waals surface area contributed by atoms with E-state index in [0.29, 0.717) is 0 Å². The molecule has 118 valence electrons. The number of carbonyl (C=O) groups is 1. The van der Waals surface area contributed by atoms with Gasteiger partial charge in [0.2, 0.25) is 0 Å². The molecule has 0 aliphatic rings. The fraction of sp³-hybridized carbons (Fsp3) is 0.462. The minimum atomic E-state index is -4.68. The summed E-state index contributed by atoms with van der Waals surface area (Å²) in [6, 6.07) is 3.16. The molecule has 2 atom stereocenters. The molecule has 0 bridgehead atoms. The van der Waals surface area contributed by atoms with E-state index < -0.39 is 29.5 Å². The molecule has 21 heavy (non-hydrogen) atoms. The fourth-order valence-corrected chi connectivity index (χ4v) is 2.48. The van der Waals surface area contributed by atoms with E-state index >= 15 is 0 Å². The molecule has 0 saturated heterocycles. The molecule has 1 aromatic carbocycles. The summed E-state index contributed by atoms with van der Waals surface area (Å²) in [5, 5.41) is 19.6. The highest BCUT2D eigenvalue weighted by Crippen LogP contribution is 2.38. The third-order valence-corrected chi connectivity index (χ3v) is 3.67. The molecule has 2 unspecified atom stereocenters. The normalized spacial score (nSPS) is 14.8. The molecular formula is C13H16F3NO3S. The molecule has 1 rings (SSSR count). The van der Waals surface area contributed by atoms with Gasteiger partial charge in [-0.3, -0.25) is 4.79 Å². The number of alkyl halides is 3. The predicted molar refractivity (Wildman–Crippen MR) is 74.6 cm³/mol. The highest BCUT2D eigenvalue weighted by molar-refractivity contribution is 8.13. The van der Waals surface area contributed by atoms with Crippen LogP contribution < -0.4 is 5.73 Å². The fourth-order valence-electron chi connectivity index (χ4n) is 1.83. The predicted octanol–water partition coefficient (Wildman–Crippen LogP) is 2.35. The average molecular weight is 323 g/mol. The van der Waals surface area contributed by atoms with Crippen LogP contribution in [0.4, 0.5) is 18.9 Å². The number of nitrogens with two attached hydrogens (primary N) is 1. The number of benzene rings is 1. The van der Waals surface area contributed by atoms with Crippen LogP contribution in [0.2, 0.25) is 0 Å². The Morgan fingerprint density at radius 3 is 2.52 bits per heavy atom. The molecular weight excluding hydrogens is 307 g/mol. The van der Waals surface area contributed by atoms with Gasteiger partial charge in [0.1, 0.15) is 6.10 Å². The lowest BCUT2D eigenvalue weighted by molar-refractivity contribution is -0.139. The maximum atomic E-state index is 12.9. The summed E-state index contributed by atoms with van der Waals surface area (Å²) in [5.41, 5.74) is 3.65. The Hall–Kier alpha value is -1.25. The number of hydrogen-bond acceptors (Lipinski definition) is 5. The Kier molecular flexibility index (Phi) is 6.06. The smallest absolute Gasteiger partial charge is 0.398 e. The second kappa shape index (κ2) is 7.15. The number of halogens is 3. The molecule has 0 aliphatic heterocycles. The molecule has 0 fully saturated rings. The van der Waals surface area contributed by atoms with Gasteiger partial charge in [-0.25, -0.2) is 0 Å². The highest BCUT2D eigenvalue weighted by atomic mass is 32.2. The number of aliphatic hydroxyl groups excluding tert-OH is 2. The van der Waals surface area contributed by atoms with Gasteiger partial charge >= 0.3 is 6.18 Å². The lowest BCUT2D eigenvalue weighted by Crippen LogP contribution is -2.24. The van der Waals surface area contributed by atoms with Crippen molar-refractivity contribution in [2.75, 3.05) is 11.5 Å². The van der Waals surface area contributed by atoms with Crippen LogP contribution in [-0.2, 0) is 11.0 Å². The van der Waals surface area contributed by atoms with Gasteiger partial charge in [0.25, 0.3) is 0 Å². The Labute approximate surface area is 124 Å². The number of anilines is 1. The summed E-state index contributed by atoms with van der Waals surface area (Å²) in [6.45, 7) is 1.34. The van der Waals surface area contributed by atoms with Gasteiger partial charge in [0.15, 0.2) is 5.12 Å². The zero-order valence-electron chi connectivity index (χ0n) is 11.2. The van der Waals surface area contributed by atoms with Crippen LogP contribution in [-0.4, -0.2) is 27.2 Å². The number of rotatable bonds is 5. The SMILES string of the molecule is CC(=O)SCCC(O)C(O)c1c(N)cccc1C(F)(F)F. The second-order valence-corrected chi connectivity index (χ2v) is 5.72. The molecule has 0 aromatic heterocycles. The molecule has 0 spiro atoms. The standard InChI is InChI=1S/C13H16F3NO3S/c1-7(18)21-6-5-10(19)12(20)11-8(13(14,15)16)3-2-4-9(11)17/h2-4,10,12,19-20H,5-6,17H2,1H3. The van der Waals surface area contributed by atoms with Crippen molar-refractivity contribution in [3.63, 3.8) is 0 Å². The molecule has 0 heterocycles. The van der Waals surface area contributed by atoms with Crippen molar-refractivity contribution in [2.45, 2.75) is 31.7 Å². The molecule has 4 nitrogen and oxygen atoms in total. The third-order valence-electron chi connectivity index (χ3n) is 2.82. The van der Waals surface area contributed by atoms with Gasteiger partial charge in [-0.1, -0.05) is 17.8 Å². The first-order chi connectivity index (χ1) is 9.64. The molecule has 0 amide bonds. The van der Waals surface area contributed by atoms with E-state index in [1.165, 1.54) is 13.0 Å². The number of aliphatic hydroxyl groups is 2. The lowest BCUT2D eigenvalue weighted by atomic mass is 9.95. The zero-order valence-corrected chi connectivity index (χ0v) is 12.0. The van der Waals surface area contributed by atoms with E-state index in [2.05, 4.69) is 0 Å². The van der Waals surface area contributed by atoms with Crippen LogP contribution in [0.15, 0.2) is 18.2 Å². The third kappa shape index (κ3) is 4.90. The molecule has 0 saturated carbocycles. The van der Waals surface area contributed by atoms with E-state index in [0.717, 1.165) is 23.9 Å². The Morgan fingerprint density at radius 1 is 1.38 bits per heavy atom. The Bertz CT molecular complexity index is 508. The maximum absolute atomic E-state index is 12.9. The topological polar surface area (TPSA) is 83.5 Å². The van der Waals surface area contributed by atoms with Gasteiger partial charge in [-0.15, -0.1) is 0 Å². The molecule has 1 aromatic rings. The Balaban J connectivity index is 2.96. The van der Waals surface area contributed by atoms with E-state index in [-0.39, 0.29) is 23.0 Å². The van der Waals surface area contributed by atoms with Gasteiger partial charge in [0.05, 0.1) is 11.7 Å². The number of hydrogen-bond donors (Lipinski definition) is 3. The van der Waals surface area contributed by atoms with Crippen LogP contribution >= 0.6 is 11.8 Å². The minimum absolute atomic E-state index is 0.0307. The number of nitrogen functional groups attached to an aromatic ring is 1. The summed E-state index contributed by atoms with van der Waals surface area (Å²) in [7, 11) is 0. The first-order valence-electron chi connectivity index (χ1n) is 6.09. The minimum Gasteiger partial charge on any atom is -0.398 e. The Morgan fingerprint density at radius 2 is 2.00 bits per heavy atom. The summed E-state index contributed by atoms with van der Waals surface area (Å²) in [6.07, 6.45) is -7.92. The van der Waals surface area contributed by atoms with Crippen molar-refractivity contribution in [1.29, 1.82) is 0 Å². The number of carbonyl (C=O) groups excluding carboxylic acids is 1. The quantitative estimate of drug-likeness (QED) is 0.725. The van der Waals surface area contributed by atoms with Gasteiger partial charge in [-0.2, -0.15) is 13.2 Å². The molecule has 0 aliphatic carbocycles. The molecule has 0 radical (unpaired) electrons. The van der Waals surface area contributed by atoms with Gasteiger partial charge in [-0.05, 0) is 18.6 Å². The van der Waals surface area contributed by atoms with Crippen molar-refractivity contribution >= 4 is 22.6 Å². The van der Waals surface area contributed by atoms with Gasteiger partial charge < -0.3 is 15.9 Å². The monoisotopic (exact) mass is 323 g/mol. The number of thioether (sulfide) groups is 1. The first-order valence-corrected chi connectivity index (χ1v) is 7.08. The van der Waals surface area contributed by atoms with Gasteiger partial charge in [0, 0.05) is 23.9 Å². The summed E-state index contributed by atoms with van der Waals surface area (Å²) >= 11 is 0.923. The largest absolute Gasteiger partial charge is 0.416 e. The van der Waals surface area contributed by atoms with E-state index in [1.54, 1.807) is 0 Å². The molecule has 8 heteroatoms. The van der Waals surface area contributed by atoms with Crippen LogP contribution in [0.3, 0.4) is 0 Å². The highest BCUT2D eigenvalue weighted by Gasteiger charge is 2.37. The molecule has 4 N–H and O–H groups in total. The summed E-state index contributed by atoms with van der Waals surface area (Å²) in [5.74, 6) is 0.196. The van der Waals surface area contributed by atoms with E-state index in [1.807, 2.05) is 0 Å². The van der Waals surface area contributed by atoms with Crippen molar-refractivity contribution in [3.05, 3.63) is 29.3 Å². The average Bonchev–Trinajstić information content (AvgIpc) is 2.36. The van der Waals surface area contributed by atoms with Crippen LogP contribution in [0.5, 0.6) is 0 Å². The van der Waals surface area contributed by atoms with Crippen LogP contribution in [0, 0.1) is 0 Å². The van der Waals surface area contributed by atoms with Crippen molar-refractivity contribution in [2.24, 2.45) is 0 Å². The van der Waals surface area contributed by atoms with Crippen LogP contribution in [0.1, 0.15) is 30.6 Å². The maximum Gasteiger partial charge on any atom is 0.416 e. The summed E-state index contributed by atoms with van der Waals surface area (Å²) in [4.78, 5) is 10.8. The van der Waals surface area contributed by atoms with E-state index in [9.17, 15) is 28.2 Å².